The molecule has 2 aromatic heterocycles. The van der Waals surface area contributed by atoms with Gasteiger partial charge >= 0.3 is 0 Å². The summed E-state index contributed by atoms with van der Waals surface area (Å²) in [5, 5.41) is 4.40. The molecule has 3 heterocycles. The highest BCUT2D eigenvalue weighted by molar-refractivity contribution is 8.13. The highest BCUT2D eigenvalue weighted by atomic mass is 35.7. The van der Waals surface area contributed by atoms with Crippen molar-refractivity contribution < 1.29 is 13.2 Å². The van der Waals surface area contributed by atoms with Gasteiger partial charge in [0.1, 0.15) is 23.2 Å². The molecule has 0 bridgehead atoms. The molecule has 0 radical (unpaired) electrons. The van der Waals surface area contributed by atoms with Gasteiger partial charge in [0, 0.05) is 24.2 Å². The number of nitrogens with zero attached hydrogens (tertiary/aromatic N) is 3. The van der Waals surface area contributed by atoms with Crippen molar-refractivity contribution in [3.63, 3.8) is 0 Å². The Labute approximate surface area is 165 Å². The first-order chi connectivity index (χ1) is 13.2. The first-order valence-corrected chi connectivity index (χ1v) is 11.2. The molecule has 0 saturated heterocycles. The number of hydrogen-bond acceptors (Lipinski definition) is 6. The second-order valence-corrected chi connectivity index (χ2v) is 9.53. The molecule has 0 saturated carbocycles. The van der Waals surface area contributed by atoms with Gasteiger partial charge in [0.05, 0.1) is 16.2 Å². The lowest BCUT2D eigenvalue weighted by Crippen LogP contribution is -2.13. The third kappa shape index (κ3) is 3.08. The van der Waals surface area contributed by atoms with E-state index in [-0.39, 0.29) is 22.4 Å². The normalized spacial score (nSPS) is 16.4. The van der Waals surface area contributed by atoms with Gasteiger partial charge in [-0.3, -0.25) is 9.48 Å². The molecule has 28 heavy (non-hydrogen) atoms. The zero-order valence-electron chi connectivity index (χ0n) is 15.6. The number of fused-ring (bicyclic) bond motifs is 2. The fraction of sp³-hybridized carbons (Fsp3) is 0.389. The van der Waals surface area contributed by atoms with Crippen LogP contribution in [0.2, 0.25) is 0 Å². The van der Waals surface area contributed by atoms with E-state index in [9.17, 15) is 13.2 Å². The monoisotopic (exact) mass is 422 g/mol. The second-order valence-electron chi connectivity index (χ2n) is 6.96. The molecule has 0 fully saturated rings. The van der Waals surface area contributed by atoms with E-state index in [4.69, 9.17) is 15.4 Å². The number of aryl methyl sites for hydroxylation is 2. The highest BCUT2D eigenvalue weighted by Crippen LogP contribution is 2.40. The van der Waals surface area contributed by atoms with E-state index in [1.54, 1.807) is 7.05 Å². The van der Waals surface area contributed by atoms with E-state index in [0.717, 1.165) is 12.1 Å². The van der Waals surface area contributed by atoms with Crippen LogP contribution >= 0.6 is 10.7 Å². The van der Waals surface area contributed by atoms with E-state index < -0.39 is 9.05 Å². The zero-order valence-corrected chi connectivity index (χ0v) is 17.2. The molecule has 0 aliphatic carbocycles. The summed E-state index contributed by atoms with van der Waals surface area (Å²) in [4.78, 5) is 20.0. The van der Waals surface area contributed by atoms with Crippen LogP contribution in [0.3, 0.4) is 0 Å². The molecule has 10 heteroatoms. The lowest BCUT2D eigenvalue weighted by Gasteiger charge is -2.11. The van der Waals surface area contributed by atoms with Crippen molar-refractivity contribution in [3.05, 3.63) is 33.7 Å². The lowest BCUT2D eigenvalue weighted by molar-refractivity contribution is 0.255. The van der Waals surface area contributed by atoms with Crippen LogP contribution in [0.5, 0.6) is 5.75 Å². The van der Waals surface area contributed by atoms with Gasteiger partial charge in [0.2, 0.25) is 0 Å². The van der Waals surface area contributed by atoms with E-state index >= 15 is 0 Å². The van der Waals surface area contributed by atoms with Crippen LogP contribution < -0.4 is 10.3 Å². The first-order valence-electron chi connectivity index (χ1n) is 8.93. The number of rotatable bonds is 4. The third-order valence-corrected chi connectivity index (χ3v) is 6.09. The molecule has 8 nitrogen and oxygen atoms in total. The molecule has 0 spiro atoms. The molecule has 1 aromatic carbocycles. The molecular formula is C18H19ClN4O4S. The average molecular weight is 423 g/mol. The van der Waals surface area contributed by atoms with Crippen LogP contribution in [0, 0.1) is 0 Å². The van der Waals surface area contributed by atoms with Crippen molar-refractivity contribution in [2.24, 2.45) is 7.05 Å². The second kappa shape index (κ2) is 6.59. The standard InChI is InChI=1S/C18H19ClN4O4S/c1-4-5-13-14-15(23(3)22-13)18(24)21-17(20-14)12-8-11(28(19,25)26)7-10-6-9(2)27-16(10)12/h7-9H,4-6H2,1-3H3,(H,20,21,24). The van der Waals surface area contributed by atoms with Crippen molar-refractivity contribution >= 4 is 30.8 Å². The average Bonchev–Trinajstić information content (AvgIpc) is 3.13. The van der Waals surface area contributed by atoms with Crippen LogP contribution in [-0.2, 0) is 28.9 Å². The van der Waals surface area contributed by atoms with Gasteiger partial charge in [-0.05, 0) is 31.0 Å². The largest absolute Gasteiger partial charge is 0.489 e. The Morgan fingerprint density at radius 2 is 2.14 bits per heavy atom. The Kier molecular flexibility index (Phi) is 4.46. The van der Waals surface area contributed by atoms with Crippen molar-refractivity contribution in [1.29, 1.82) is 0 Å². The SMILES string of the molecule is CCCc1nn(C)c2c(=O)[nH]c(-c3cc(S(=O)(=O)Cl)cc4c3OC(C)C4)nc12. The maximum atomic E-state index is 12.7. The fourth-order valence-corrected chi connectivity index (χ4v) is 4.41. The summed E-state index contributed by atoms with van der Waals surface area (Å²) in [6.07, 6.45) is 1.95. The van der Waals surface area contributed by atoms with Crippen molar-refractivity contribution in [2.45, 2.75) is 44.1 Å². The van der Waals surface area contributed by atoms with Gasteiger partial charge in [-0.2, -0.15) is 5.10 Å². The van der Waals surface area contributed by atoms with Crippen LogP contribution in [-0.4, -0.2) is 34.3 Å². The summed E-state index contributed by atoms with van der Waals surface area (Å²) in [7, 11) is 3.32. The summed E-state index contributed by atoms with van der Waals surface area (Å²) >= 11 is 0. The molecular weight excluding hydrogens is 404 g/mol. The number of H-pyrrole nitrogens is 1. The topological polar surface area (TPSA) is 107 Å². The molecule has 1 N–H and O–H groups in total. The van der Waals surface area contributed by atoms with Crippen LogP contribution in [0.25, 0.3) is 22.4 Å². The molecule has 1 aliphatic heterocycles. The van der Waals surface area contributed by atoms with Crippen LogP contribution in [0.1, 0.15) is 31.5 Å². The number of aromatic amines is 1. The van der Waals surface area contributed by atoms with Crippen molar-refractivity contribution in [1.82, 2.24) is 19.7 Å². The summed E-state index contributed by atoms with van der Waals surface area (Å²) < 4.78 is 31.3. The summed E-state index contributed by atoms with van der Waals surface area (Å²) in [6.45, 7) is 3.91. The van der Waals surface area contributed by atoms with E-state index in [0.29, 0.717) is 40.8 Å². The molecule has 148 valence electrons. The summed E-state index contributed by atoms with van der Waals surface area (Å²) in [6, 6.07) is 2.90. The predicted molar refractivity (Wildman–Crippen MR) is 105 cm³/mol. The summed E-state index contributed by atoms with van der Waals surface area (Å²) in [5.41, 5.74) is 2.36. The minimum atomic E-state index is -3.96. The fourth-order valence-electron chi connectivity index (χ4n) is 3.60. The van der Waals surface area contributed by atoms with Gasteiger partial charge in [0.15, 0.2) is 5.52 Å². The molecule has 4 rings (SSSR count). The molecule has 0 amide bonds. The molecule has 1 atom stereocenters. The van der Waals surface area contributed by atoms with Crippen LogP contribution in [0.4, 0.5) is 0 Å². The Morgan fingerprint density at radius 3 is 2.82 bits per heavy atom. The quantitative estimate of drug-likeness (QED) is 0.647. The number of ether oxygens (including phenoxy) is 1. The molecule has 3 aromatic rings. The van der Waals surface area contributed by atoms with Crippen LogP contribution in [0.15, 0.2) is 21.8 Å². The lowest BCUT2D eigenvalue weighted by atomic mass is 10.1. The number of halogens is 1. The number of nitrogens with one attached hydrogen (secondary N) is 1. The number of hydrogen-bond donors (Lipinski definition) is 1. The number of aromatic nitrogens is 4. The molecule has 1 unspecified atom stereocenters. The third-order valence-electron chi connectivity index (χ3n) is 4.75. The maximum absolute atomic E-state index is 12.7. The van der Waals surface area contributed by atoms with E-state index in [1.807, 2.05) is 13.8 Å². The Hall–Kier alpha value is -2.39. The minimum Gasteiger partial charge on any atom is -0.489 e. The van der Waals surface area contributed by atoms with Gasteiger partial charge in [-0.1, -0.05) is 13.3 Å². The Morgan fingerprint density at radius 1 is 1.39 bits per heavy atom. The Balaban J connectivity index is 2.02. The van der Waals surface area contributed by atoms with Crippen molar-refractivity contribution in [3.8, 4) is 17.1 Å². The van der Waals surface area contributed by atoms with Crippen molar-refractivity contribution in [2.75, 3.05) is 0 Å². The van der Waals surface area contributed by atoms with E-state index in [1.165, 1.54) is 16.8 Å². The smallest absolute Gasteiger partial charge is 0.277 e. The van der Waals surface area contributed by atoms with Gasteiger partial charge in [-0.25, -0.2) is 13.4 Å². The summed E-state index contributed by atoms with van der Waals surface area (Å²) in [5.74, 6) is 0.746. The Bertz CT molecular complexity index is 1260. The van der Waals surface area contributed by atoms with Gasteiger partial charge < -0.3 is 9.72 Å². The molecule has 1 aliphatic rings. The zero-order chi connectivity index (χ0) is 20.2. The predicted octanol–water partition coefficient (Wildman–Crippen LogP) is 2.53. The minimum absolute atomic E-state index is 0.0525. The maximum Gasteiger partial charge on any atom is 0.277 e. The first kappa shape index (κ1) is 18.9. The highest BCUT2D eigenvalue weighted by Gasteiger charge is 2.28. The van der Waals surface area contributed by atoms with Gasteiger partial charge in [0.25, 0.3) is 14.6 Å². The number of benzene rings is 1. The van der Waals surface area contributed by atoms with E-state index in [2.05, 4.69) is 15.1 Å². The van der Waals surface area contributed by atoms with Gasteiger partial charge in [-0.15, -0.1) is 0 Å².